The summed E-state index contributed by atoms with van der Waals surface area (Å²) >= 11 is 0. The van der Waals surface area contributed by atoms with Crippen molar-refractivity contribution in [1.82, 2.24) is 0 Å². The average Bonchev–Trinajstić information content (AvgIpc) is 2.44. The highest BCUT2D eigenvalue weighted by atomic mass is 16.5. The third-order valence-electron chi connectivity index (χ3n) is 3.34. The first-order chi connectivity index (χ1) is 9.92. The van der Waals surface area contributed by atoms with E-state index in [0.717, 1.165) is 10.5 Å². The molecule has 21 heavy (non-hydrogen) atoms. The largest absolute Gasteiger partial charge is 0.544 e. The number of carboxylic acid groups (broad SMARTS) is 1. The zero-order chi connectivity index (χ0) is 16.0. The molecule has 0 radical (unpaired) electrons. The van der Waals surface area contributed by atoms with Crippen molar-refractivity contribution in [2.24, 2.45) is 0 Å². The van der Waals surface area contributed by atoms with Crippen LogP contribution >= 0.6 is 0 Å². The van der Waals surface area contributed by atoms with Gasteiger partial charge in [0.05, 0.1) is 33.3 Å². The van der Waals surface area contributed by atoms with E-state index < -0.39 is 5.97 Å². The Kier molecular flexibility index (Phi) is 6.30. The quantitative estimate of drug-likeness (QED) is 0.684. The van der Waals surface area contributed by atoms with Crippen LogP contribution in [-0.4, -0.2) is 39.9 Å². The monoisotopic (exact) mass is 297 g/mol. The lowest BCUT2D eigenvalue weighted by molar-refractivity contribution is -0.929. The fourth-order valence-electron chi connectivity index (χ4n) is 2.16. The molecule has 0 aliphatic rings. The number of ether oxygens (including phenoxy) is 3. The molecule has 0 aromatic heterocycles. The zero-order valence-corrected chi connectivity index (χ0v) is 13.2. The maximum atomic E-state index is 10.8. The van der Waals surface area contributed by atoms with E-state index >= 15 is 0 Å². The van der Waals surface area contributed by atoms with Crippen molar-refractivity contribution < 1.29 is 29.0 Å². The van der Waals surface area contributed by atoms with Gasteiger partial charge in [-0.2, -0.15) is 0 Å². The number of carboxylic acids is 1. The van der Waals surface area contributed by atoms with Crippen molar-refractivity contribution >= 4 is 5.97 Å². The van der Waals surface area contributed by atoms with E-state index in [1.807, 2.05) is 26.0 Å². The number of nitrogens with one attached hydrogen (secondary N) is 1. The van der Waals surface area contributed by atoms with Gasteiger partial charge in [-0.3, -0.25) is 0 Å². The van der Waals surface area contributed by atoms with Crippen molar-refractivity contribution in [3.63, 3.8) is 0 Å². The second-order valence-corrected chi connectivity index (χ2v) is 5.07. The molecule has 0 heterocycles. The first-order valence-electron chi connectivity index (χ1n) is 6.76. The van der Waals surface area contributed by atoms with Gasteiger partial charge in [0.2, 0.25) is 5.75 Å². The zero-order valence-electron chi connectivity index (χ0n) is 13.2. The number of quaternary nitrogens is 1. The fraction of sp³-hybridized carbons (Fsp3) is 0.533. The number of rotatable bonds is 8. The maximum Gasteiger partial charge on any atom is 0.203 e. The first kappa shape index (κ1) is 17.1. The number of methoxy groups -OCH3 is 3. The van der Waals surface area contributed by atoms with Gasteiger partial charge in [-0.15, -0.1) is 0 Å². The molecular weight excluding hydrogens is 274 g/mol. The Labute approximate surface area is 125 Å². The Morgan fingerprint density at radius 2 is 1.67 bits per heavy atom. The average molecular weight is 297 g/mol. The van der Waals surface area contributed by atoms with Crippen LogP contribution in [0.3, 0.4) is 0 Å². The molecule has 0 saturated carbocycles. The van der Waals surface area contributed by atoms with Gasteiger partial charge >= 0.3 is 0 Å². The topological polar surface area (TPSA) is 72.3 Å². The number of carbonyl (C=O) groups excluding carboxylic acids is 1. The lowest BCUT2D eigenvalue weighted by atomic mass is 10.1. The summed E-state index contributed by atoms with van der Waals surface area (Å²) in [6.07, 6.45) is 0. The second kappa shape index (κ2) is 7.73. The van der Waals surface area contributed by atoms with Crippen LogP contribution < -0.4 is 24.2 Å². The predicted octanol–water partition coefficient (Wildman–Crippen LogP) is -0.744. The molecule has 1 unspecified atom stereocenters. The molecule has 0 saturated heterocycles. The van der Waals surface area contributed by atoms with Crippen molar-refractivity contribution in [2.75, 3.05) is 27.9 Å². The summed E-state index contributed by atoms with van der Waals surface area (Å²) in [4.78, 5) is 11.7. The highest BCUT2D eigenvalue weighted by Crippen LogP contribution is 2.37. The van der Waals surface area contributed by atoms with Crippen LogP contribution in [-0.2, 0) is 11.3 Å². The molecule has 0 fully saturated rings. The van der Waals surface area contributed by atoms with Gasteiger partial charge in [0.1, 0.15) is 13.1 Å². The predicted molar refractivity (Wildman–Crippen MR) is 75.8 cm³/mol. The molecule has 6 nitrogen and oxygen atoms in total. The van der Waals surface area contributed by atoms with Crippen molar-refractivity contribution in [3.8, 4) is 17.2 Å². The number of hydrogen-bond donors (Lipinski definition) is 1. The molecule has 1 rings (SSSR count). The van der Waals surface area contributed by atoms with E-state index in [1.54, 1.807) is 21.3 Å². The van der Waals surface area contributed by atoms with Gasteiger partial charge < -0.3 is 29.0 Å². The molecule has 0 amide bonds. The molecular formula is C15H23NO5. The van der Waals surface area contributed by atoms with Crippen LogP contribution in [0, 0.1) is 0 Å². The molecule has 0 aliphatic carbocycles. The van der Waals surface area contributed by atoms with E-state index in [4.69, 9.17) is 14.2 Å². The third kappa shape index (κ3) is 4.53. The Hall–Kier alpha value is -1.95. The Morgan fingerprint density at radius 3 is 2.00 bits per heavy atom. The number of carbonyl (C=O) groups is 1. The minimum absolute atomic E-state index is 0.0473. The molecule has 0 spiro atoms. The van der Waals surface area contributed by atoms with E-state index in [0.29, 0.717) is 23.8 Å². The molecule has 1 N–H and O–H groups in total. The third-order valence-corrected chi connectivity index (χ3v) is 3.34. The minimum atomic E-state index is -1.06. The highest BCUT2D eigenvalue weighted by molar-refractivity contribution is 5.65. The van der Waals surface area contributed by atoms with Gasteiger partial charge in [-0.25, -0.2) is 0 Å². The van der Waals surface area contributed by atoms with Crippen LogP contribution in [0.15, 0.2) is 12.1 Å². The molecule has 0 aliphatic heterocycles. The van der Waals surface area contributed by atoms with Gasteiger partial charge in [0.25, 0.3) is 0 Å². The molecule has 0 bridgehead atoms. The summed E-state index contributed by atoms with van der Waals surface area (Å²) < 4.78 is 15.9. The summed E-state index contributed by atoms with van der Waals surface area (Å²) in [6, 6.07) is 3.82. The minimum Gasteiger partial charge on any atom is -0.544 e. The van der Waals surface area contributed by atoms with Crippen LogP contribution in [0.1, 0.15) is 19.4 Å². The summed E-state index contributed by atoms with van der Waals surface area (Å²) in [6.45, 7) is 4.42. The van der Waals surface area contributed by atoms with Crippen LogP contribution in [0.25, 0.3) is 0 Å². The number of aliphatic carboxylic acids is 1. The van der Waals surface area contributed by atoms with Gasteiger partial charge in [-0.1, -0.05) is 0 Å². The van der Waals surface area contributed by atoms with E-state index in [9.17, 15) is 9.90 Å². The summed E-state index contributed by atoms with van der Waals surface area (Å²) in [5.41, 5.74) is 0.912. The second-order valence-electron chi connectivity index (χ2n) is 5.07. The summed E-state index contributed by atoms with van der Waals surface area (Å²) in [5, 5.41) is 10.8. The van der Waals surface area contributed by atoms with Gasteiger partial charge in [-0.05, 0) is 26.0 Å². The smallest absolute Gasteiger partial charge is 0.203 e. The van der Waals surface area contributed by atoms with E-state index in [-0.39, 0.29) is 12.6 Å². The molecule has 1 aromatic carbocycles. The van der Waals surface area contributed by atoms with Crippen LogP contribution in [0.4, 0.5) is 0 Å². The molecule has 6 heteroatoms. The molecule has 1 aromatic rings. The molecule has 1 atom stereocenters. The van der Waals surface area contributed by atoms with Crippen molar-refractivity contribution in [1.29, 1.82) is 0 Å². The van der Waals surface area contributed by atoms with Crippen LogP contribution in [0.2, 0.25) is 0 Å². The van der Waals surface area contributed by atoms with Crippen molar-refractivity contribution in [3.05, 3.63) is 17.7 Å². The number of benzene rings is 1. The molecule has 118 valence electrons. The standard InChI is InChI=1S/C15H23NO5/c1-10(2)16(9-14(17)18)8-11-6-12(19-3)15(21-5)13(7-11)20-4/h6-7,10H,8-9H2,1-5H3,(H,17,18). The van der Waals surface area contributed by atoms with Crippen LogP contribution in [0.5, 0.6) is 17.2 Å². The van der Waals surface area contributed by atoms with Gasteiger partial charge in [0, 0.05) is 5.56 Å². The fourth-order valence-corrected chi connectivity index (χ4v) is 2.16. The Balaban J connectivity index is 3.09. The number of hydrogen-bond acceptors (Lipinski definition) is 5. The maximum absolute atomic E-state index is 10.8. The summed E-state index contributed by atoms with van der Waals surface area (Å²) in [7, 11) is 4.65. The van der Waals surface area contributed by atoms with Gasteiger partial charge in [0.15, 0.2) is 11.5 Å². The summed E-state index contributed by atoms with van der Waals surface area (Å²) in [5.74, 6) is 0.577. The highest BCUT2D eigenvalue weighted by Gasteiger charge is 2.18. The lowest BCUT2D eigenvalue weighted by Gasteiger charge is -2.24. The SMILES string of the molecule is COc1cc(C[NH+](CC(=O)[O-])C(C)C)cc(OC)c1OC. The normalized spacial score (nSPS) is 12.1. The lowest BCUT2D eigenvalue weighted by Crippen LogP contribution is -3.15. The Morgan fingerprint density at radius 1 is 1.14 bits per heavy atom. The van der Waals surface area contributed by atoms with E-state index in [2.05, 4.69) is 0 Å². The first-order valence-corrected chi connectivity index (χ1v) is 6.76. The Bertz CT molecular complexity index is 462. The van der Waals surface area contributed by atoms with E-state index in [1.165, 1.54) is 0 Å². The van der Waals surface area contributed by atoms with Crippen molar-refractivity contribution in [2.45, 2.75) is 26.4 Å².